The second kappa shape index (κ2) is 28.7. The highest BCUT2D eigenvalue weighted by Crippen LogP contribution is 2.43. The summed E-state index contributed by atoms with van der Waals surface area (Å²) in [5.41, 5.74) is 0. The first-order valence-electron chi connectivity index (χ1n) is 18.4. The minimum absolute atomic E-state index is 0.0777. The molecule has 0 radical (unpaired) electrons. The molecule has 0 aliphatic rings. The Labute approximate surface area is 272 Å². The molecule has 264 valence electrons. The molecule has 0 aromatic carbocycles. The van der Waals surface area contributed by atoms with Crippen LogP contribution in [0.3, 0.4) is 0 Å². The zero-order valence-electron chi connectivity index (χ0n) is 29.7. The minimum Gasteiger partial charge on any atom is -0.391 e. The van der Waals surface area contributed by atoms with Gasteiger partial charge in [-0.3, -0.25) is 13.8 Å². The van der Waals surface area contributed by atoms with Gasteiger partial charge in [0.15, 0.2) is 0 Å². The van der Waals surface area contributed by atoms with E-state index in [2.05, 4.69) is 19.2 Å². The van der Waals surface area contributed by atoms with Gasteiger partial charge in [-0.25, -0.2) is 4.57 Å². The number of unbranched alkanes of at least 4 members (excludes halogenated alkanes) is 20. The lowest BCUT2D eigenvalue weighted by atomic mass is 10.0. The van der Waals surface area contributed by atoms with Gasteiger partial charge in [-0.15, -0.1) is 0 Å². The normalized spacial score (nSPS) is 14.8. The molecule has 0 aromatic heterocycles. The molecular weight excluding hydrogens is 575 g/mol. The monoisotopic (exact) mass is 650 g/mol. The molecule has 0 fully saturated rings. The predicted molar refractivity (Wildman–Crippen MR) is 185 cm³/mol. The summed E-state index contributed by atoms with van der Waals surface area (Å²) >= 11 is 0. The van der Waals surface area contributed by atoms with Gasteiger partial charge in [0, 0.05) is 6.42 Å². The third kappa shape index (κ3) is 30.2. The van der Waals surface area contributed by atoms with E-state index in [4.69, 9.17) is 9.05 Å². The molecule has 0 aromatic rings. The van der Waals surface area contributed by atoms with Crippen LogP contribution in [0.15, 0.2) is 0 Å². The Kier molecular flexibility index (Phi) is 28.4. The van der Waals surface area contributed by atoms with E-state index < -0.39 is 20.0 Å². The largest absolute Gasteiger partial charge is 0.472 e. The van der Waals surface area contributed by atoms with Gasteiger partial charge in [0.1, 0.15) is 13.2 Å². The first kappa shape index (κ1) is 43.5. The number of amides is 1. The predicted octanol–water partition coefficient (Wildman–Crippen LogP) is 9.07. The zero-order chi connectivity index (χ0) is 32.9. The van der Waals surface area contributed by atoms with Crippen molar-refractivity contribution in [2.75, 3.05) is 40.9 Å². The summed E-state index contributed by atoms with van der Waals surface area (Å²) in [5, 5.41) is 13.8. The highest BCUT2D eigenvalue weighted by Gasteiger charge is 2.28. The van der Waals surface area contributed by atoms with Gasteiger partial charge in [0.05, 0.1) is 39.9 Å². The molecule has 3 N–H and O–H groups in total. The van der Waals surface area contributed by atoms with Gasteiger partial charge >= 0.3 is 7.82 Å². The number of aliphatic hydroxyl groups is 1. The second-order valence-electron chi connectivity index (χ2n) is 14.0. The summed E-state index contributed by atoms with van der Waals surface area (Å²) in [7, 11) is 1.62. The van der Waals surface area contributed by atoms with E-state index in [1.807, 2.05) is 21.1 Å². The number of quaternary nitrogens is 1. The van der Waals surface area contributed by atoms with Crippen LogP contribution in [-0.4, -0.2) is 73.4 Å². The van der Waals surface area contributed by atoms with Crippen LogP contribution < -0.4 is 5.32 Å². The van der Waals surface area contributed by atoms with Crippen molar-refractivity contribution in [1.29, 1.82) is 0 Å². The number of carbonyl (C=O) groups excluding carboxylic acids is 1. The Morgan fingerprint density at radius 2 is 1.09 bits per heavy atom. The number of carbonyl (C=O) groups is 1. The van der Waals surface area contributed by atoms with Crippen LogP contribution in [0.4, 0.5) is 0 Å². The van der Waals surface area contributed by atoms with Crippen molar-refractivity contribution < 1.29 is 32.9 Å². The highest BCUT2D eigenvalue weighted by atomic mass is 31.2. The second-order valence-corrected chi connectivity index (χ2v) is 15.4. The van der Waals surface area contributed by atoms with E-state index in [1.165, 1.54) is 103 Å². The number of aliphatic hydroxyl groups excluding tert-OH is 1. The maximum atomic E-state index is 12.7. The summed E-state index contributed by atoms with van der Waals surface area (Å²) in [5.74, 6) is -0.147. The average Bonchev–Trinajstić information content (AvgIpc) is 2.95. The highest BCUT2D eigenvalue weighted by molar-refractivity contribution is 7.47. The molecule has 1 amide bonds. The van der Waals surface area contributed by atoms with E-state index in [0.717, 1.165) is 38.5 Å². The molecule has 3 atom stereocenters. The topological polar surface area (TPSA) is 105 Å². The molecule has 0 heterocycles. The Bertz CT molecular complexity index is 703. The number of rotatable bonds is 33. The van der Waals surface area contributed by atoms with Crippen LogP contribution in [0.25, 0.3) is 0 Å². The van der Waals surface area contributed by atoms with Gasteiger partial charge in [-0.2, -0.15) is 0 Å². The van der Waals surface area contributed by atoms with Crippen molar-refractivity contribution >= 4 is 13.7 Å². The quantitative estimate of drug-likeness (QED) is 0.0372. The third-order valence-electron chi connectivity index (χ3n) is 8.36. The molecule has 44 heavy (non-hydrogen) atoms. The zero-order valence-corrected chi connectivity index (χ0v) is 30.6. The Balaban J connectivity index is 4.44. The van der Waals surface area contributed by atoms with E-state index in [9.17, 15) is 19.4 Å². The number of likely N-dealkylation sites (N-methyl/N-ethyl adjacent to an activating group) is 1. The number of nitrogens with one attached hydrogen (secondary N) is 1. The number of hydrogen-bond acceptors (Lipinski definition) is 5. The smallest absolute Gasteiger partial charge is 0.391 e. The van der Waals surface area contributed by atoms with E-state index in [1.54, 1.807) is 0 Å². The number of hydrogen-bond donors (Lipinski definition) is 3. The number of nitrogens with zero attached hydrogens (tertiary/aromatic N) is 1. The lowest BCUT2D eigenvalue weighted by Crippen LogP contribution is -2.46. The number of phosphoric acid groups is 1. The molecule has 9 heteroatoms. The summed E-state index contributed by atoms with van der Waals surface area (Å²) in [6.07, 6.45) is 26.9. The van der Waals surface area contributed by atoms with Crippen molar-refractivity contribution in [1.82, 2.24) is 5.32 Å². The van der Waals surface area contributed by atoms with Gasteiger partial charge in [-0.1, -0.05) is 149 Å². The molecule has 0 aliphatic carbocycles. The van der Waals surface area contributed by atoms with Gasteiger partial charge in [-0.05, 0) is 12.8 Å². The molecular formula is C35H74N2O6P+. The fourth-order valence-corrected chi connectivity index (χ4v) is 6.07. The van der Waals surface area contributed by atoms with Crippen molar-refractivity contribution in [3.63, 3.8) is 0 Å². The molecule has 3 unspecified atom stereocenters. The third-order valence-corrected chi connectivity index (χ3v) is 9.34. The van der Waals surface area contributed by atoms with Crippen LogP contribution in [-0.2, 0) is 18.4 Å². The summed E-state index contributed by atoms with van der Waals surface area (Å²) in [6.45, 7) is 4.85. The molecule has 0 aliphatic heterocycles. The first-order chi connectivity index (χ1) is 21.0. The SMILES string of the molecule is CCCCCCCCCCCCCCCC(=O)NC(COP(=O)(O)OCC[N+](C)(C)C)C(O)CCCCCCCCCCC. The fourth-order valence-electron chi connectivity index (χ4n) is 5.34. The summed E-state index contributed by atoms with van der Waals surface area (Å²) in [4.78, 5) is 22.9. The van der Waals surface area contributed by atoms with E-state index in [0.29, 0.717) is 23.9 Å². The number of phosphoric ester groups is 1. The fraction of sp³-hybridized carbons (Fsp3) is 0.971. The van der Waals surface area contributed by atoms with Crippen LogP contribution in [0.1, 0.15) is 168 Å². The van der Waals surface area contributed by atoms with Crippen LogP contribution in [0, 0.1) is 0 Å². The van der Waals surface area contributed by atoms with Crippen molar-refractivity contribution in [3.8, 4) is 0 Å². The molecule has 0 spiro atoms. The Morgan fingerprint density at radius 3 is 1.52 bits per heavy atom. The van der Waals surface area contributed by atoms with Crippen molar-refractivity contribution in [3.05, 3.63) is 0 Å². The summed E-state index contributed by atoms with van der Waals surface area (Å²) in [6, 6.07) is -0.749. The standard InChI is InChI=1S/C35H73N2O6P/c1-6-8-10-12-14-16-17-18-19-21-23-25-27-29-35(39)36-33(32-43-44(40,41)42-31-30-37(3,4)5)34(38)28-26-24-22-20-15-13-11-9-7-2/h33-34,38H,6-32H2,1-5H3,(H-,36,39,40,41)/p+1. The molecule has 0 saturated carbocycles. The molecule has 0 rings (SSSR count). The van der Waals surface area contributed by atoms with E-state index in [-0.39, 0.29) is 19.1 Å². The minimum atomic E-state index is -4.29. The van der Waals surface area contributed by atoms with Crippen molar-refractivity contribution in [2.45, 2.75) is 180 Å². The molecule has 0 bridgehead atoms. The Morgan fingerprint density at radius 1 is 0.682 bits per heavy atom. The molecule has 0 saturated heterocycles. The van der Waals surface area contributed by atoms with Crippen LogP contribution in [0.2, 0.25) is 0 Å². The van der Waals surface area contributed by atoms with Crippen molar-refractivity contribution in [2.24, 2.45) is 0 Å². The maximum absolute atomic E-state index is 12.7. The van der Waals surface area contributed by atoms with Crippen LogP contribution in [0.5, 0.6) is 0 Å². The average molecular weight is 650 g/mol. The summed E-state index contributed by atoms with van der Waals surface area (Å²) < 4.78 is 23.4. The van der Waals surface area contributed by atoms with Gasteiger partial charge < -0.3 is 19.8 Å². The first-order valence-corrected chi connectivity index (χ1v) is 19.9. The lowest BCUT2D eigenvalue weighted by Gasteiger charge is -2.26. The van der Waals surface area contributed by atoms with Gasteiger partial charge in [0.25, 0.3) is 0 Å². The Hall–Kier alpha value is -0.500. The van der Waals surface area contributed by atoms with Crippen LogP contribution >= 0.6 is 7.82 Å². The molecule has 8 nitrogen and oxygen atoms in total. The lowest BCUT2D eigenvalue weighted by molar-refractivity contribution is -0.870. The van der Waals surface area contributed by atoms with Gasteiger partial charge in [0.2, 0.25) is 5.91 Å². The van der Waals surface area contributed by atoms with E-state index >= 15 is 0 Å². The maximum Gasteiger partial charge on any atom is 0.472 e.